The van der Waals surface area contributed by atoms with Crippen LogP contribution in [0.2, 0.25) is 0 Å². The minimum absolute atomic E-state index is 0.416. The Morgan fingerprint density at radius 3 is 1.50 bits per heavy atom. The van der Waals surface area contributed by atoms with E-state index in [1.165, 1.54) is 0 Å². The lowest BCUT2D eigenvalue weighted by molar-refractivity contribution is 0.00578. The highest BCUT2D eigenvalue weighted by molar-refractivity contribution is 6.56. The van der Waals surface area contributed by atoms with Crippen LogP contribution in [0.5, 0.6) is 0 Å². The number of benzene rings is 2. The summed E-state index contributed by atoms with van der Waals surface area (Å²) in [5.41, 5.74) is 9.39. The minimum Gasteiger partial charge on any atom is -0.404 e. The lowest BCUT2D eigenvalue weighted by atomic mass is 9.78. The van der Waals surface area contributed by atoms with Crippen molar-refractivity contribution in [2.24, 2.45) is 5.73 Å². The Morgan fingerprint density at radius 2 is 1.12 bits per heavy atom. The normalized spacial score (nSPS) is 18.4. The largest absolute Gasteiger partial charge is 0.512 e. The molecule has 124 valence electrons. The molecule has 2 N–H and O–H groups in total. The Bertz CT molecular complexity index is 681. The lowest BCUT2D eigenvalue weighted by Crippen LogP contribution is -2.41. The van der Waals surface area contributed by atoms with Crippen molar-refractivity contribution in [2.75, 3.05) is 0 Å². The zero-order valence-electron chi connectivity index (χ0n) is 14.7. The van der Waals surface area contributed by atoms with Gasteiger partial charge in [-0.2, -0.15) is 0 Å². The number of hydrogen-bond donors (Lipinski definition) is 1. The summed E-state index contributed by atoms with van der Waals surface area (Å²) in [6, 6.07) is 20.3. The SMILES string of the molecule is CC1(C)OB(C(N)=C(c2ccccc2)c2ccccc2)OC1(C)C. The molecule has 1 aliphatic rings. The van der Waals surface area contributed by atoms with E-state index >= 15 is 0 Å². The first kappa shape index (κ1) is 16.8. The van der Waals surface area contributed by atoms with Crippen LogP contribution >= 0.6 is 0 Å². The van der Waals surface area contributed by atoms with Crippen molar-refractivity contribution < 1.29 is 9.31 Å². The van der Waals surface area contributed by atoms with Crippen LogP contribution < -0.4 is 5.73 Å². The third-order valence-corrected chi connectivity index (χ3v) is 4.92. The van der Waals surface area contributed by atoms with Gasteiger partial charge in [-0.1, -0.05) is 60.7 Å². The van der Waals surface area contributed by atoms with Gasteiger partial charge in [0.2, 0.25) is 0 Å². The zero-order valence-corrected chi connectivity index (χ0v) is 14.7. The quantitative estimate of drug-likeness (QED) is 0.868. The molecule has 1 fully saturated rings. The predicted octanol–water partition coefficient (Wildman–Crippen LogP) is 4.04. The van der Waals surface area contributed by atoms with Gasteiger partial charge in [-0.3, -0.25) is 0 Å². The van der Waals surface area contributed by atoms with Crippen LogP contribution in [0.1, 0.15) is 38.8 Å². The Labute approximate surface area is 144 Å². The van der Waals surface area contributed by atoms with Crippen molar-refractivity contribution in [1.29, 1.82) is 0 Å². The van der Waals surface area contributed by atoms with Gasteiger partial charge in [0.25, 0.3) is 0 Å². The van der Waals surface area contributed by atoms with Gasteiger partial charge < -0.3 is 15.0 Å². The highest BCUT2D eigenvalue weighted by Gasteiger charge is 2.52. The molecule has 3 nitrogen and oxygen atoms in total. The molecule has 0 radical (unpaired) electrons. The van der Waals surface area contributed by atoms with Crippen LogP contribution in [0.3, 0.4) is 0 Å². The van der Waals surface area contributed by atoms with E-state index in [2.05, 4.69) is 24.3 Å². The molecule has 0 amide bonds. The molecule has 1 aliphatic heterocycles. The predicted molar refractivity (Wildman–Crippen MR) is 99.2 cm³/mol. The van der Waals surface area contributed by atoms with Crippen LogP contribution in [0.15, 0.2) is 66.3 Å². The molecule has 0 bridgehead atoms. The maximum atomic E-state index is 6.56. The molecule has 1 heterocycles. The van der Waals surface area contributed by atoms with E-state index in [0.29, 0.717) is 5.60 Å². The van der Waals surface area contributed by atoms with E-state index in [-0.39, 0.29) is 0 Å². The first-order valence-corrected chi connectivity index (χ1v) is 8.28. The van der Waals surface area contributed by atoms with Crippen LogP contribution in [-0.4, -0.2) is 18.3 Å². The summed E-state index contributed by atoms with van der Waals surface area (Å²) in [5, 5.41) is 0. The Hall–Kier alpha value is -2.04. The van der Waals surface area contributed by atoms with Gasteiger partial charge in [-0.25, -0.2) is 0 Å². The van der Waals surface area contributed by atoms with Crippen LogP contribution in [0.4, 0.5) is 0 Å². The maximum absolute atomic E-state index is 6.56. The molecule has 0 spiro atoms. The summed E-state index contributed by atoms with van der Waals surface area (Å²) in [4.78, 5) is 0. The summed E-state index contributed by atoms with van der Waals surface area (Å²) in [6.07, 6.45) is 0. The first-order valence-electron chi connectivity index (χ1n) is 8.28. The Balaban J connectivity index is 2.10. The van der Waals surface area contributed by atoms with Gasteiger partial charge in [0.15, 0.2) is 0 Å². The number of hydrogen-bond acceptors (Lipinski definition) is 3. The van der Waals surface area contributed by atoms with E-state index < -0.39 is 18.3 Å². The van der Waals surface area contributed by atoms with Crippen LogP contribution in [0.25, 0.3) is 5.57 Å². The topological polar surface area (TPSA) is 44.5 Å². The smallest absolute Gasteiger partial charge is 0.404 e. The first-order chi connectivity index (χ1) is 11.3. The molecule has 2 aromatic rings. The fourth-order valence-electron chi connectivity index (χ4n) is 2.80. The van der Waals surface area contributed by atoms with E-state index in [4.69, 9.17) is 15.0 Å². The van der Waals surface area contributed by atoms with Crippen molar-refractivity contribution in [1.82, 2.24) is 0 Å². The maximum Gasteiger partial charge on any atom is 0.512 e. The summed E-state index contributed by atoms with van der Waals surface area (Å²) in [5.74, 6) is 0. The fraction of sp³-hybridized carbons (Fsp3) is 0.300. The summed E-state index contributed by atoms with van der Waals surface area (Å²) < 4.78 is 12.3. The summed E-state index contributed by atoms with van der Waals surface area (Å²) in [6.45, 7) is 8.13. The Kier molecular flexibility index (Phi) is 4.28. The molecule has 1 saturated heterocycles. The second-order valence-electron chi connectivity index (χ2n) is 7.15. The van der Waals surface area contributed by atoms with E-state index in [9.17, 15) is 0 Å². The molecule has 0 atom stereocenters. The highest BCUT2D eigenvalue weighted by atomic mass is 16.7. The standard InChI is InChI=1S/C20H24BNO2/c1-19(2)20(3,4)24-21(23-19)18(22)17(15-11-7-5-8-12-15)16-13-9-6-10-14-16/h5-14H,22H2,1-4H3. The minimum atomic E-state index is -0.564. The molecule has 0 unspecified atom stereocenters. The third kappa shape index (κ3) is 3.00. The van der Waals surface area contributed by atoms with Crippen molar-refractivity contribution in [3.63, 3.8) is 0 Å². The third-order valence-electron chi connectivity index (χ3n) is 4.92. The van der Waals surface area contributed by atoms with Crippen LogP contribution in [0, 0.1) is 0 Å². The number of nitrogens with two attached hydrogens (primary N) is 1. The molecular weight excluding hydrogens is 297 g/mol. The molecule has 24 heavy (non-hydrogen) atoms. The van der Waals surface area contributed by atoms with Crippen molar-refractivity contribution >= 4 is 12.7 Å². The molecule has 3 rings (SSSR count). The van der Waals surface area contributed by atoms with E-state index in [1.54, 1.807) is 0 Å². The molecular formula is C20H24BNO2. The fourth-order valence-corrected chi connectivity index (χ4v) is 2.80. The molecule has 0 aromatic heterocycles. The molecule has 0 aliphatic carbocycles. The van der Waals surface area contributed by atoms with Crippen molar-refractivity contribution in [2.45, 2.75) is 38.9 Å². The number of rotatable bonds is 3. The van der Waals surface area contributed by atoms with Crippen LogP contribution in [-0.2, 0) is 9.31 Å². The average molecular weight is 321 g/mol. The second kappa shape index (κ2) is 6.12. The summed E-state index contributed by atoms with van der Waals surface area (Å²) >= 11 is 0. The molecule has 2 aromatic carbocycles. The second-order valence-corrected chi connectivity index (χ2v) is 7.15. The van der Waals surface area contributed by atoms with Gasteiger partial charge in [0.05, 0.1) is 11.2 Å². The summed E-state index contributed by atoms with van der Waals surface area (Å²) in [7, 11) is -0.564. The van der Waals surface area contributed by atoms with Gasteiger partial charge >= 0.3 is 7.12 Å². The van der Waals surface area contributed by atoms with E-state index in [1.807, 2.05) is 64.1 Å². The molecule has 4 heteroatoms. The lowest BCUT2D eigenvalue weighted by Gasteiger charge is -2.32. The van der Waals surface area contributed by atoms with Gasteiger partial charge in [0.1, 0.15) is 0 Å². The zero-order chi connectivity index (χ0) is 17.4. The van der Waals surface area contributed by atoms with Crippen molar-refractivity contribution in [3.05, 3.63) is 77.4 Å². The Morgan fingerprint density at radius 1 is 0.750 bits per heavy atom. The van der Waals surface area contributed by atoms with Gasteiger partial charge in [0, 0.05) is 11.2 Å². The van der Waals surface area contributed by atoms with Gasteiger partial charge in [-0.05, 0) is 38.8 Å². The van der Waals surface area contributed by atoms with Gasteiger partial charge in [-0.15, -0.1) is 0 Å². The van der Waals surface area contributed by atoms with E-state index in [0.717, 1.165) is 16.7 Å². The van der Waals surface area contributed by atoms with Crippen molar-refractivity contribution in [3.8, 4) is 0 Å². The monoisotopic (exact) mass is 321 g/mol. The average Bonchev–Trinajstić information content (AvgIpc) is 2.78. The molecule has 0 saturated carbocycles. The highest BCUT2D eigenvalue weighted by Crippen LogP contribution is 2.39.